The molecule has 1 aliphatic carbocycles. The number of methoxy groups -OCH3 is 1. The zero-order valence-corrected chi connectivity index (χ0v) is 16.7. The Balaban J connectivity index is 1.88. The zero-order chi connectivity index (χ0) is 21.8. The number of nitrogens with zero attached hydrogens (tertiary/aromatic N) is 2. The van der Waals surface area contributed by atoms with E-state index >= 15 is 0 Å². The molecule has 1 saturated carbocycles. The Bertz CT molecular complexity index is 805. The minimum Gasteiger partial charge on any atom is -0.494 e. The maximum atomic E-state index is 14.0. The van der Waals surface area contributed by atoms with Crippen LogP contribution < -0.4 is 26.4 Å². The van der Waals surface area contributed by atoms with E-state index in [0.717, 1.165) is 38.5 Å². The number of nitrogens with one attached hydrogen (secondary N) is 3. The molecule has 0 aromatic heterocycles. The van der Waals surface area contributed by atoms with E-state index in [2.05, 4.69) is 25.9 Å². The van der Waals surface area contributed by atoms with Gasteiger partial charge in [0.2, 0.25) is 11.9 Å². The van der Waals surface area contributed by atoms with Crippen molar-refractivity contribution in [3.05, 3.63) is 24.0 Å². The average Bonchev–Trinajstić information content (AvgIpc) is 2.96. The van der Waals surface area contributed by atoms with Crippen molar-refractivity contribution in [3.8, 4) is 5.75 Å². The van der Waals surface area contributed by atoms with Gasteiger partial charge in [-0.15, -0.1) is 0 Å². The second-order valence-electron chi connectivity index (χ2n) is 7.48. The molecule has 0 bridgehead atoms. The lowest BCUT2D eigenvalue weighted by molar-refractivity contribution is -0.118. The van der Waals surface area contributed by atoms with Gasteiger partial charge in [-0.3, -0.25) is 11.1 Å². The first kappa shape index (κ1) is 22.1. The largest absolute Gasteiger partial charge is 0.494 e. The van der Waals surface area contributed by atoms with Crippen LogP contribution in [-0.4, -0.2) is 37.5 Å². The Morgan fingerprint density at radius 1 is 1.27 bits per heavy atom. The van der Waals surface area contributed by atoms with Gasteiger partial charge >= 0.3 is 6.18 Å². The van der Waals surface area contributed by atoms with Gasteiger partial charge in [0.05, 0.1) is 7.11 Å². The van der Waals surface area contributed by atoms with Crippen LogP contribution in [0.1, 0.15) is 38.5 Å². The normalized spacial score (nSPS) is 24.5. The van der Waals surface area contributed by atoms with Crippen molar-refractivity contribution in [2.75, 3.05) is 19.0 Å². The number of halogens is 4. The molecule has 11 heteroatoms. The number of guanidine groups is 2. The summed E-state index contributed by atoms with van der Waals surface area (Å²) >= 11 is 0. The van der Waals surface area contributed by atoms with Crippen LogP contribution in [0, 0.1) is 11.7 Å². The topological polar surface area (TPSA) is 96.1 Å². The van der Waals surface area contributed by atoms with E-state index < -0.39 is 24.3 Å². The van der Waals surface area contributed by atoms with Crippen LogP contribution in [0.25, 0.3) is 0 Å². The number of hydrogen-bond donors (Lipinski definition) is 4. The van der Waals surface area contributed by atoms with Crippen molar-refractivity contribution >= 4 is 17.6 Å². The molecule has 1 heterocycles. The molecule has 1 aromatic carbocycles. The predicted octanol–water partition coefficient (Wildman–Crippen LogP) is 3.30. The first-order chi connectivity index (χ1) is 14.2. The predicted molar refractivity (Wildman–Crippen MR) is 107 cm³/mol. The number of nitrogens with two attached hydrogens (primary N) is 1. The second kappa shape index (κ2) is 9.07. The minimum absolute atomic E-state index is 0.0693. The van der Waals surface area contributed by atoms with E-state index in [1.54, 1.807) is 6.07 Å². The first-order valence-corrected chi connectivity index (χ1v) is 9.84. The van der Waals surface area contributed by atoms with Gasteiger partial charge in [-0.25, -0.2) is 14.4 Å². The number of hydrogen-bond acceptors (Lipinski definition) is 5. The van der Waals surface area contributed by atoms with Crippen LogP contribution in [0.2, 0.25) is 0 Å². The number of benzene rings is 1. The lowest BCUT2D eigenvalue weighted by atomic mass is 9.92. The van der Waals surface area contributed by atoms with Gasteiger partial charge in [-0.2, -0.15) is 13.2 Å². The molecule has 166 valence electrons. The van der Waals surface area contributed by atoms with E-state index in [-0.39, 0.29) is 23.6 Å². The Morgan fingerprint density at radius 2 is 1.97 bits per heavy atom. The van der Waals surface area contributed by atoms with Gasteiger partial charge in [0, 0.05) is 17.7 Å². The molecule has 30 heavy (non-hydrogen) atoms. The summed E-state index contributed by atoms with van der Waals surface area (Å²) in [6.07, 6.45) is 1.23. The molecule has 1 aliphatic heterocycles. The van der Waals surface area contributed by atoms with Gasteiger partial charge in [-0.05, 0) is 25.0 Å². The number of aliphatic imine (C=N–C) groups is 2. The van der Waals surface area contributed by atoms with E-state index in [9.17, 15) is 17.6 Å². The second-order valence-corrected chi connectivity index (χ2v) is 7.48. The average molecular weight is 430 g/mol. The first-order valence-electron chi connectivity index (χ1n) is 9.84. The van der Waals surface area contributed by atoms with Crippen LogP contribution >= 0.6 is 0 Å². The summed E-state index contributed by atoms with van der Waals surface area (Å²) in [5.74, 6) is -1.97. The van der Waals surface area contributed by atoms with Crippen molar-refractivity contribution in [2.24, 2.45) is 21.6 Å². The summed E-state index contributed by atoms with van der Waals surface area (Å²) in [5.41, 5.74) is 6.85. The summed E-state index contributed by atoms with van der Waals surface area (Å²) < 4.78 is 56.9. The van der Waals surface area contributed by atoms with Crippen molar-refractivity contribution < 1.29 is 22.3 Å². The molecule has 2 aliphatic rings. The van der Waals surface area contributed by atoms with Gasteiger partial charge < -0.3 is 15.4 Å². The van der Waals surface area contributed by atoms with E-state index in [0.29, 0.717) is 5.69 Å². The molecule has 0 radical (unpaired) electrons. The van der Waals surface area contributed by atoms with Gasteiger partial charge in [0.25, 0.3) is 0 Å². The molecule has 5 N–H and O–H groups in total. The Kier molecular flexibility index (Phi) is 6.69. The molecule has 7 nitrogen and oxygen atoms in total. The number of rotatable bonds is 4. The third-order valence-electron chi connectivity index (χ3n) is 5.16. The SMILES string of the molecule is COc1ccc(NC2=NC(N)(C3CCCCCC3)NC(=NCC(F)(F)F)N2)cc1F. The highest BCUT2D eigenvalue weighted by atomic mass is 19.4. The molecule has 3 rings (SSSR count). The third-order valence-corrected chi connectivity index (χ3v) is 5.16. The summed E-state index contributed by atoms with van der Waals surface area (Å²) in [6.45, 7) is -1.37. The van der Waals surface area contributed by atoms with Crippen LogP contribution in [0.4, 0.5) is 23.2 Å². The van der Waals surface area contributed by atoms with Crippen molar-refractivity contribution in [2.45, 2.75) is 50.5 Å². The zero-order valence-electron chi connectivity index (χ0n) is 16.7. The van der Waals surface area contributed by atoms with Gasteiger partial charge in [-0.1, -0.05) is 25.7 Å². The highest BCUT2D eigenvalue weighted by Gasteiger charge is 2.39. The van der Waals surface area contributed by atoms with Crippen molar-refractivity contribution in [1.29, 1.82) is 0 Å². The number of alkyl halides is 3. The smallest absolute Gasteiger partial charge is 0.408 e. The monoisotopic (exact) mass is 430 g/mol. The molecular weight excluding hydrogens is 404 g/mol. The fourth-order valence-corrected chi connectivity index (χ4v) is 3.67. The Hall–Kier alpha value is -2.56. The number of anilines is 1. The summed E-state index contributed by atoms with van der Waals surface area (Å²) in [5, 5.41) is 8.39. The number of ether oxygens (including phenoxy) is 1. The minimum atomic E-state index is -4.46. The van der Waals surface area contributed by atoms with Gasteiger partial charge in [0.1, 0.15) is 6.54 Å². The molecule has 1 unspecified atom stereocenters. The van der Waals surface area contributed by atoms with Crippen molar-refractivity contribution in [1.82, 2.24) is 10.6 Å². The molecule has 1 fully saturated rings. The van der Waals surface area contributed by atoms with E-state index in [1.165, 1.54) is 19.2 Å². The summed E-state index contributed by atoms with van der Waals surface area (Å²) in [6, 6.07) is 4.19. The fraction of sp³-hybridized carbons (Fsp3) is 0.579. The molecular formula is C19H26F4N6O. The lowest BCUT2D eigenvalue weighted by Crippen LogP contribution is -2.67. The highest BCUT2D eigenvalue weighted by molar-refractivity contribution is 6.07. The maximum absolute atomic E-state index is 14.0. The Morgan fingerprint density at radius 3 is 2.57 bits per heavy atom. The molecule has 0 amide bonds. The van der Waals surface area contributed by atoms with Crippen LogP contribution in [0.15, 0.2) is 28.2 Å². The molecule has 0 spiro atoms. The van der Waals surface area contributed by atoms with E-state index in [4.69, 9.17) is 10.5 Å². The third kappa shape index (κ3) is 5.74. The van der Waals surface area contributed by atoms with Crippen LogP contribution in [-0.2, 0) is 0 Å². The van der Waals surface area contributed by atoms with Crippen LogP contribution in [0.3, 0.4) is 0 Å². The molecule has 0 saturated heterocycles. The lowest BCUT2D eigenvalue weighted by Gasteiger charge is -2.39. The molecule has 1 atom stereocenters. The summed E-state index contributed by atoms with van der Waals surface area (Å²) in [7, 11) is 1.35. The Labute approximate surface area is 172 Å². The van der Waals surface area contributed by atoms with Crippen LogP contribution in [0.5, 0.6) is 5.75 Å². The quantitative estimate of drug-likeness (QED) is 0.434. The van der Waals surface area contributed by atoms with Gasteiger partial charge in [0.15, 0.2) is 17.4 Å². The summed E-state index contributed by atoms with van der Waals surface area (Å²) in [4.78, 5) is 8.07. The van der Waals surface area contributed by atoms with E-state index in [1.807, 2.05) is 0 Å². The molecule has 1 aromatic rings. The maximum Gasteiger partial charge on any atom is 0.408 e. The highest BCUT2D eigenvalue weighted by Crippen LogP contribution is 2.31. The van der Waals surface area contributed by atoms with Crippen molar-refractivity contribution in [3.63, 3.8) is 0 Å². The standard InChI is InChI=1S/C19H26F4N6O/c1-30-15-9-8-13(10-14(15)20)26-17-27-16(25-11-18(21,22)23)28-19(24,29-17)12-6-4-2-3-5-7-12/h8-10,12H,2-7,11,24H2,1H3,(H3,25,26,27,28,29). The fourth-order valence-electron chi connectivity index (χ4n) is 3.67.